The van der Waals surface area contributed by atoms with Crippen molar-refractivity contribution in [2.24, 2.45) is 4.99 Å². The summed E-state index contributed by atoms with van der Waals surface area (Å²) in [5, 5.41) is 0.534. The Morgan fingerprint density at radius 1 is 1.16 bits per heavy atom. The number of benzene rings is 2. The highest BCUT2D eigenvalue weighted by Gasteiger charge is 2.30. The summed E-state index contributed by atoms with van der Waals surface area (Å²) < 4.78 is 16.5. The zero-order valence-electron chi connectivity index (χ0n) is 17.5. The van der Waals surface area contributed by atoms with Crippen LogP contribution in [0.1, 0.15) is 22.8 Å². The maximum atomic E-state index is 12.8. The minimum absolute atomic E-state index is 0.166. The monoisotopic (exact) mass is 504 g/mol. The van der Waals surface area contributed by atoms with Gasteiger partial charge in [-0.25, -0.2) is 9.79 Å². The molecular formula is C22H21BrN2O5S. The van der Waals surface area contributed by atoms with Gasteiger partial charge in [0.2, 0.25) is 0 Å². The van der Waals surface area contributed by atoms with Gasteiger partial charge in [0.15, 0.2) is 5.17 Å². The second kappa shape index (κ2) is 10.0. The molecule has 9 heteroatoms. The molecule has 0 bridgehead atoms. The zero-order valence-corrected chi connectivity index (χ0v) is 19.9. The lowest BCUT2D eigenvalue weighted by Crippen LogP contribution is -2.23. The molecule has 0 aromatic heterocycles. The standard InChI is InChI=1S/C22H21BrN2O5S/c1-5-30-21(27)13-6-8-15(9-7-13)24-22-25(2)20(26)19(31-22)11-14-10-16(23)18(29-4)12-17(14)28-3/h6-12H,5H2,1-4H3/b19-11+,24-22?. The Balaban J connectivity index is 1.87. The van der Waals surface area contributed by atoms with E-state index in [1.165, 1.54) is 16.7 Å². The average Bonchev–Trinajstić information content (AvgIpc) is 3.02. The van der Waals surface area contributed by atoms with E-state index in [1.54, 1.807) is 64.6 Å². The van der Waals surface area contributed by atoms with Crippen molar-refractivity contribution in [3.63, 3.8) is 0 Å². The van der Waals surface area contributed by atoms with Gasteiger partial charge in [0, 0.05) is 18.7 Å². The highest BCUT2D eigenvalue weighted by Crippen LogP contribution is 2.38. The number of hydrogen-bond acceptors (Lipinski definition) is 7. The van der Waals surface area contributed by atoms with Gasteiger partial charge in [-0.2, -0.15) is 0 Å². The van der Waals surface area contributed by atoms with Crippen LogP contribution in [-0.4, -0.2) is 49.8 Å². The van der Waals surface area contributed by atoms with Crippen molar-refractivity contribution in [1.29, 1.82) is 0 Å². The number of thioether (sulfide) groups is 1. The van der Waals surface area contributed by atoms with Crippen molar-refractivity contribution < 1.29 is 23.8 Å². The first-order valence-electron chi connectivity index (χ1n) is 9.33. The summed E-state index contributed by atoms with van der Waals surface area (Å²) in [7, 11) is 4.81. The van der Waals surface area contributed by atoms with E-state index >= 15 is 0 Å². The van der Waals surface area contributed by atoms with E-state index in [1.807, 2.05) is 6.07 Å². The Morgan fingerprint density at radius 3 is 2.45 bits per heavy atom. The number of rotatable bonds is 6. The van der Waals surface area contributed by atoms with Gasteiger partial charge in [-0.05, 0) is 71.0 Å². The number of carbonyl (C=O) groups is 2. The molecule has 1 saturated heterocycles. The number of methoxy groups -OCH3 is 2. The summed E-state index contributed by atoms with van der Waals surface area (Å²) in [6.07, 6.45) is 1.76. The topological polar surface area (TPSA) is 77.4 Å². The van der Waals surface area contributed by atoms with Gasteiger partial charge in [-0.15, -0.1) is 0 Å². The number of aliphatic imine (C=N–C) groups is 1. The van der Waals surface area contributed by atoms with E-state index in [0.717, 1.165) is 10.0 Å². The van der Waals surface area contributed by atoms with Crippen LogP contribution in [0.3, 0.4) is 0 Å². The lowest BCUT2D eigenvalue weighted by molar-refractivity contribution is -0.121. The number of halogens is 1. The average molecular weight is 505 g/mol. The van der Waals surface area contributed by atoms with E-state index in [4.69, 9.17) is 14.2 Å². The number of esters is 1. The largest absolute Gasteiger partial charge is 0.496 e. The third-order valence-electron chi connectivity index (χ3n) is 4.40. The minimum atomic E-state index is -0.381. The van der Waals surface area contributed by atoms with Gasteiger partial charge in [0.05, 0.1) is 41.5 Å². The van der Waals surface area contributed by atoms with Crippen LogP contribution in [-0.2, 0) is 9.53 Å². The molecule has 0 N–H and O–H groups in total. The third kappa shape index (κ3) is 5.11. The Kier molecular flexibility index (Phi) is 7.40. The predicted octanol–water partition coefficient (Wildman–Crippen LogP) is 4.88. The second-order valence-corrected chi connectivity index (χ2v) is 8.23. The fraction of sp³-hybridized carbons (Fsp3) is 0.227. The van der Waals surface area contributed by atoms with Crippen LogP contribution in [0.25, 0.3) is 6.08 Å². The number of amidine groups is 1. The molecule has 1 fully saturated rings. The van der Waals surface area contributed by atoms with Crippen molar-refractivity contribution in [3.8, 4) is 11.5 Å². The molecule has 2 aromatic rings. The van der Waals surface area contributed by atoms with Crippen LogP contribution in [0.4, 0.5) is 5.69 Å². The highest BCUT2D eigenvalue weighted by molar-refractivity contribution is 9.10. The van der Waals surface area contributed by atoms with Crippen molar-refractivity contribution in [1.82, 2.24) is 4.90 Å². The van der Waals surface area contributed by atoms with Gasteiger partial charge >= 0.3 is 5.97 Å². The Bertz CT molecular complexity index is 1070. The SMILES string of the molecule is CCOC(=O)c1ccc(N=C2S/C(=C/c3cc(Br)c(OC)cc3OC)C(=O)N2C)cc1. The van der Waals surface area contributed by atoms with Crippen LogP contribution in [0, 0.1) is 0 Å². The zero-order chi connectivity index (χ0) is 22.5. The van der Waals surface area contributed by atoms with Crippen LogP contribution in [0.5, 0.6) is 11.5 Å². The summed E-state index contributed by atoms with van der Waals surface area (Å²) >= 11 is 4.72. The lowest BCUT2D eigenvalue weighted by Gasteiger charge is -2.10. The Labute approximate surface area is 193 Å². The fourth-order valence-corrected chi connectivity index (χ4v) is 4.29. The lowest BCUT2D eigenvalue weighted by atomic mass is 10.1. The molecule has 0 aliphatic carbocycles. The number of carbonyl (C=O) groups excluding carboxylic acids is 2. The maximum Gasteiger partial charge on any atom is 0.338 e. The minimum Gasteiger partial charge on any atom is -0.496 e. The van der Waals surface area contributed by atoms with Gasteiger partial charge in [-0.3, -0.25) is 9.69 Å². The van der Waals surface area contributed by atoms with Crippen molar-refractivity contribution in [2.45, 2.75) is 6.92 Å². The van der Waals surface area contributed by atoms with Crippen molar-refractivity contribution in [2.75, 3.05) is 27.9 Å². The molecule has 0 radical (unpaired) electrons. The summed E-state index contributed by atoms with van der Waals surface area (Å²) in [6, 6.07) is 10.3. The van der Waals surface area contributed by atoms with Gasteiger partial charge in [0.25, 0.3) is 5.91 Å². The normalized spacial score (nSPS) is 16.2. The third-order valence-corrected chi connectivity index (χ3v) is 6.08. The summed E-state index contributed by atoms with van der Waals surface area (Å²) in [5.74, 6) is 0.675. The molecule has 3 rings (SSSR count). The second-order valence-electron chi connectivity index (χ2n) is 6.37. The molecule has 0 spiro atoms. The summed E-state index contributed by atoms with van der Waals surface area (Å²) in [4.78, 5) is 31.1. The molecule has 1 amide bonds. The molecule has 0 atom stereocenters. The van der Waals surface area contributed by atoms with Gasteiger partial charge in [0.1, 0.15) is 11.5 Å². The van der Waals surface area contributed by atoms with Crippen LogP contribution in [0.15, 0.2) is 50.8 Å². The number of nitrogens with zero attached hydrogens (tertiary/aromatic N) is 2. The quantitative estimate of drug-likeness (QED) is 0.412. The van der Waals surface area contributed by atoms with E-state index in [0.29, 0.717) is 39.4 Å². The first-order valence-corrected chi connectivity index (χ1v) is 10.9. The van der Waals surface area contributed by atoms with Crippen LogP contribution >= 0.6 is 27.7 Å². The number of ether oxygens (including phenoxy) is 3. The van der Waals surface area contributed by atoms with Crippen molar-refractivity contribution in [3.05, 3.63) is 56.9 Å². The van der Waals surface area contributed by atoms with Crippen LogP contribution < -0.4 is 9.47 Å². The summed E-state index contributed by atoms with van der Waals surface area (Å²) in [6.45, 7) is 2.07. The van der Waals surface area contributed by atoms with Gasteiger partial charge in [-0.1, -0.05) is 0 Å². The molecule has 2 aromatic carbocycles. The molecular weight excluding hydrogens is 484 g/mol. The smallest absolute Gasteiger partial charge is 0.338 e. The number of hydrogen-bond donors (Lipinski definition) is 0. The predicted molar refractivity (Wildman–Crippen MR) is 125 cm³/mol. The van der Waals surface area contributed by atoms with E-state index < -0.39 is 0 Å². The van der Waals surface area contributed by atoms with E-state index in [2.05, 4.69) is 20.9 Å². The van der Waals surface area contributed by atoms with E-state index in [9.17, 15) is 9.59 Å². The van der Waals surface area contributed by atoms with Gasteiger partial charge < -0.3 is 14.2 Å². The molecule has 1 aliphatic rings. The van der Waals surface area contributed by atoms with Crippen LogP contribution in [0.2, 0.25) is 0 Å². The number of likely N-dealkylation sites (N-methyl/N-ethyl adjacent to an activating group) is 1. The molecule has 31 heavy (non-hydrogen) atoms. The Hall–Kier alpha value is -2.78. The molecule has 0 saturated carbocycles. The molecule has 7 nitrogen and oxygen atoms in total. The molecule has 1 heterocycles. The highest BCUT2D eigenvalue weighted by atomic mass is 79.9. The molecule has 162 valence electrons. The van der Waals surface area contributed by atoms with Crippen molar-refractivity contribution >= 4 is 56.5 Å². The molecule has 0 unspecified atom stereocenters. The fourth-order valence-electron chi connectivity index (χ4n) is 2.79. The first kappa shape index (κ1) is 22.9. The number of amides is 1. The Morgan fingerprint density at radius 2 is 1.84 bits per heavy atom. The first-order chi connectivity index (χ1) is 14.9. The molecule has 1 aliphatic heterocycles. The summed E-state index contributed by atoms with van der Waals surface area (Å²) in [5.41, 5.74) is 1.81. The maximum absolute atomic E-state index is 12.8. The van der Waals surface area contributed by atoms with E-state index in [-0.39, 0.29) is 11.9 Å².